The molecule has 0 aromatic heterocycles. The Bertz CT molecular complexity index is 947. The van der Waals surface area contributed by atoms with E-state index >= 15 is 0 Å². The van der Waals surface area contributed by atoms with Gasteiger partial charge in [-0.1, -0.05) is 0 Å². The number of rotatable bonds is 5. The van der Waals surface area contributed by atoms with E-state index in [1.165, 1.54) is 0 Å². The summed E-state index contributed by atoms with van der Waals surface area (Å²) in [6, 6.07) is 31.4. The van der Waals surface area contributed by atoms with Crippen molar-refractivity contribution in [1.29, 1.82) is 0 Å². The molecule has 1 unspecified atom stereocenters. The topological polar surface area (TPSA) is 20.3 Å². The molecule has 3 aromatic rings. The molecule has 0 N–H and O–H groups in total. The summed E-state index contributed by atoms with van der Waals surface area (Å²) in [4.78, 5) is 15.5. The molecular formula is C25H23BrNOP. The fourth-order valence-electron chi connectivity index (χ4n) is 4.59. The van der Waals surface area contributed by atoms with E-state index in [4.69, 9.17) is 6.42 Å². The summed E-state index contributed by atoms with van der Waals surface area (Å²) in [5, 5.41) is 0.197. The van der Waals surface area contributed by atoms with E-state index in [9.17, 15) is 4.79 Å². The van der Waals surface area contributed by atoms with Crippen LogP contribution in [0, 0.1) is 12.3 Å². The Hall–Kier alpha value is -2.40. The van der Waals surface area contributed by atoms with Crippen LogP contribution in [-0.4, -0.2) is 29.6 Å². The van der Waals surface area contributed by atoms with Gasteiger partial charge in [0, 0.05) is 0 Å². The Morgan fingerprint density at radius 3 is 1.66 bits per heavy atom. The van der Waals surface area contributed by atoms with Crippen molar-refractivity contribution in [2.45, 2.75) is 12.1 Å². The van der Waals surface area contributed by atoms with Gasteiger partial charge in [-0.25, -0.2) is 0 Å². The molecule has 3 aromatic carbocycles. The average Bonchev–Trinajstić information content (AvgIpc) is 3.16. The summed E-state index contributed by atoms with van der Waals surface area (Å²) in [6.07, 6.45) is 6.31. The molecule has 1 fully saturated rings. The third-order valence-corrected chi connectivity index (χ3v) is 16.7. The Balaban J connectivity index is 2.09. The molecule has 1 aliphatic heterocycles. The third kappa shape index (κ3) is 2.94. The summed E-state index contributed by atoms with van der Waals surface area (Å²) in [6.45, 7) is 1.04. The maximum atomic E-state index is 13.7. The van der Waals surface area contributed by atoms with E-state index in [1.807, 2.05) is 23.1 Å². The van der Waals surface area contributed by atoms with E-state index in [2.05, 4.69) is 94.2 Å². The van der Waals surface area contributed by atoms with Gasteiger partial charge in [-0.2, -0.15) is 0 Å². The van der Waals surface area contributed by atoms with Crippen LogP contribution < -0.4 is 15.9 Å². The predicted octanol–water partition coefficient (Wildman–Crippen LogP) is 4.06. The summed E-state index contributed by atoms with van der Waals surface area (Å²) < 4.78 is 0. The number of benzene rings is 3. The van der Waals surface area contributed by atoms with Crippen LogP contribution in [0.15, 0.2) is 91.0 Å². The summed E-state index contributed by atoms with van der Waals surface area (Å²) in [5.41, 5.74) is -0.207. The second-order valence-electron chi connectivity index (χ2n) is 7.35. The summed E-state index contributed by atoms with van der Waals surface area (Å²) >= 11 is 4.39. The molecule has 0 saturated carbocycles. The Morgan fingerprint density at radius 1 is 0.862 bits per heavy atom. The molecule has 2 nitrogen and oxygen atoms in total. The second kappa shape index (κ2) is 7.79. The van der Waals surface area contributed by atoms with E-state index in [1.54, 1.807) is 0 Å². The fourth-order valence-corrected chi connectivity index (χ4v) is 13.3. The van der Waals surface area contributed by atoms with E-state index < -0.39 is 5.31 Å². The quantitative estimate of drug-likeness (QED) is 0.412. The van der Waals surface area contributed by atoms with Crippen molar-refractivity contribution in [2.75, 3.05) is 13.1 Å². The zero-order valence-electron chi connectivity index (χ0n) is 16.1. The van der Waals surface area contributed by atoms with Gasteiger partial charge in [-0.05, 0) is 0 Å². The molecule has 1 amide bonds. The molecule has 29 heavy (non-hydrogen) atoms. The van der Waals surface area contributed by atoms with Crippen LogP contribution in [0.1, 0.15) is 6.42 Å². The Kier molecular flexibility index (Phi) is 5.34. The van der Waals surface area contributed by atoms with Crippen LogP contribution >= 0.6 is 20.8 Å². The molecule has 0 spiro atoms. The van der Waals surface area contributed by atoms with Crippen molar-refractivity contribution < 1.29 is 4.79 Å². The normalized spacial score (nSPS) is 18.1. The van der Waals surface area contributed by atoms with Crippen molar-refractivity contribution in [3.8, 4) is 12.3 Å². The minimum absolute atomic E-state index is 0.133. The average molecular weight is 464 g/mol. The number of carbonyl (C=O) groups excluding carboxylic acids is 1. The van der Waals surface area contributed by atoms with Crippen molar-refractivity contribution in [3.63, 3.8) is 0 Å². The molecule has 1 atom stereocenters. The van der Waals surface area contributed by atoms with Gasteiger partial charge in [-0.3, -0.25) is 0 Å². The molecule has 1 aliphatic rings. The van der Waals surface area contributed by atoms with E-state index in [-0.39, 0.29) is 11.6 Å². The first-order valence-electron chi connectivity index (χ1n) is 9.73. The molecular weight excluding hydrogens is 441 g/mol. The molecule has 0 radical (unpaired) electrons. The van der Waals surface area contributed by atoms with Crippen LogP contribution in [0.3, 0.4) is 0 Å². The van der Waals surface area contributed by atoms with Gasteiger partial charge in [0.15, 0.2) is 0 Å². The number of likely N-dealkylation sites (tertiary alicyclic amines) is 1. The van der Waals surface area contributed by atoms with Gasteiger partial charge in [0.2, 0.25) is 0 Å². The first-order valence-corrected chi connectivity index (χ1v) is 14.1. The Labute approximate surface area is 180 Å². The van der Waals surface area contributed by atoms with Crippen molar-refractivity contribution in [2.24, 2.45) is 0 Å². The van der Waals surface area contributed by atoms with Gasteiger partial charge < -0.3 is 0 Å². The first kappa shape index (κ1) is 19.9. The number of carbonyl (C=O) groups is 1. The van der Waals surface area contributed by atoms with E-state index in [0.29, 0.717) is 13.1 Å². The fraction of sp³-hybridized carbons (Fsp3) is 0.160. The number of amides is 1. The van der Waals surface area contributed by atoms with Crippen molar-refractivity contribution in [1.82, 2.24) is 4.90 Å². The minimum atomic E-state index is -3.29. The number of terminal acetylenes is 1. The third-order valence-electron chi connectivity index (χ3n) is 5.92. The molecule has 0 aliphatic carbocycles. The summed E-state index contributed by atoms with van der Waals surface area (Å²) in [5.74, 6) is 2.78. The van der Waals surface area contributed by atoms with Crippen molar-refractivity contribution >= 4 is 42.6 Å². The molecule has 0 bridgehead atoms. The zero-order chi connectivity index (χ0) is 20.3. The molecule has 1 heterocycles. The molecule has 146 valence electrons. The molecule has 4 rings (SSSR count). The van der Waals surface area contributed by atoms with Gasteiger partial charge in [0.1, 0.15) is 0 Å². The van der Waals surface area contributed by atoms with Gasteiger partial charge in [0.25, 0.3) is 0 Å². The number of nitrogens with zero attached hydrogens (tertiary/aromatic N) is 1. The predicted molar refractivity (Wildman–Crippen MR) is 128 cm³/mol. The van der Waals surface area contributed by atoms with Gasteiger partial charge in [0.05, 0.1) is 0 Å². The monoisotopic (exact) mass is 463 g/mol. The second-order valence-corrected chi connectivity index (χ2v) is 16.1. The van der Waals surface area contributed by atoms with E-state index in [0.717, 1.165) is 22.3 Å². The van der Waals surface area contributed by atoms with Crippen molar-refractivity contribution in [3.05, 3.63) is 91.0 Å². The molecule has 1 saturated heterocycles. The van der Waals surface area contributed by atoms with Crippen LogP contribution in [0.4, 0.5) is 0 Å². The van der Waals surface area contributed by atoms with Crippen LogP contribution in [-0.2, 0) is 4.79 Å². The van der Waals surface area contributed by atoms with Gasteiger partial charge in [-0.15, -0.1) is 0 Å². The number of hydrogen-bond donors (Lipinski definition) is 0. The van der Waals surface area contributed by atoms with Crippen LogP contribution in [0.5, 0.6) is 0 Å². The SMILES string of the molecule is C#CCN1CCC(P(Br)(c2ccccc2)(c2ccccc2)c2ccccc2)C1=O. The van der Waals surface area contributed by atoms with Crippen LogP contribution in [0.2, 0.25) is 0 Å². The van der Waals surface area contributed by atoms with Crippen LogP contribution in [0.25, 0.3) is 0 Å². The maximum absolute atomic E-state index is 13.7. The Morgan fingerprint density at radius 2 is 1.28 bits per heavy atom. The summed E-state index contributed by atoms with van der Waals surface area (Å²) in [7, 11) is 0. The van der Waals surface area contributed by atoms with Gasteiger partial charge >= 0.3 is 181 Å². The standard InChI is InChI=1S/C25H23BrNOP/c1-2-19-27-20-18-24(25(27)28)29(26,21-12-6-3-7-13-21,22-14-8-4-9-15-22)23-16-10-5-11-17-23/h1,3-17,24H,18-20H2. The first-order chi connectivity index (χ1) is 14.1. The zero-order valence-corrected chi connectivity index (χ0v) is 18.6. The number of halogens is 1. The molecule has 4 heteroatoms. The number of hydrogen-bond acceptors (Lipinski definition) is 1.